The van der Waals surface area contributed by atoms with Gasteiger partial charge in [0, 0.05) is 6.61 Å². The van der Waals surface area contributed by atoms with Gasteiger partial charge in [0.05, 0.1) is 39.6 Å². The molecule has 0 aliphatic heterocycles. The molecule has 0 aliphatic rings. The van der Waals surface area contributed by atoms with Gasteiger partial charge in [-0.05, 0) is 43.3 Å². The van der Waals surface area contributed by atoms with Crippen LogP contribution in [0.4, 0.5) is 0 Å². The SMILES string of the molecule is CCOCC(OOC(=O)c1ccc(OC)c(OC)c1)OOC(=O)c1ccc(OC)c(OC)c1. The lowest BCUT2D eigenvalue weighted by molar-refractivity contribution is -0.426. The lowest BCUT2D eigenvalue weighted by atomic mass is 10.2. The van der Waals surface area contributed by atoms with Gasteiger partial charge in [-0.15, -0.1) is 9.78 Å². The van der Waals surface area contributed by atoms with Gasteiger partial charge >= 0.3 is 11.9 Å². The van der Waals surface area contributed by atoms with Crippen molar-refractivity contribution in [3.05, 3.63) is 47.5 Å². The van der Waals surface area contributed by atoms with Crippen molar-refractivity contribution in [2.24, 2.45) is 0 Å². The van der Waals surface area contributed by atoms with Crippen molar-refractivity contribution in [3.8, 4) is 23.0 Å². The van der Waals surface area contributed by atoms with Gasteiger partial charge < -0.3 is 23.7 Å². The van der Waals surface area contributed by atoms with E-state index in [4.69, 9.17) is 43.2 Å². The van der Waals surface area contributed by atoms with E-state index in [0.29, 0.717) is 29.6 Å². The summed E-state index contributed by atoms with van der Waals surface area (Å²) in [5.41, 5.74) is 0.260. The molecule has 0 spiro atoms. The number of hydrogen-bond acceptors (Lipinski definition) is 11. The smallest absolute Gasteiger partial charge is 0.373 e. The molecule has 0 saturated carbocycles. The summed E-state index contributed by atoms with van der Waals surface area (Å²) in [6, 6.07) is 8.83. The second kappa shape index (κ2) is 13.1. The first-order valence-electron chi connectivity index (χ1n) is 9.74. The van der Waals surface area contributed by atoms with E-state index in [9.17, 15) is 9.59 Å². The number of rotatable bonds is 13. The van der Waals surface area contributed by atoms with E-state index in [-0.39, 0.29) is 17.7 Å². The van der Waals surface area contributed by atoms with E-state index in [1.54, 1.807) is 6.92 Å². The fraction of sp³-hybridized carbons (Fsp3) is 0.364. The van der Waals surface area contributed by atoms with Gasteiger partial charge in [0.25, 0.3) is 6.29 Å². The highest BCUT2D eigenvalue weighted by Crippen LogP contribution is 2.29. The minimum absolute atomic E-state index is 0.130. The number of carbonyl (C=O) groups is 2. The Labute approximate surface area is 190 Å². The van der Waals surface area contributed by atoms with Crippen molar-refractivity contribution >= 4 is 11.9 Å². The minimum Gasteiger partial charge on any atom is -0.493 e. The molecule has 11 heteroatoms. The van der Waals surface area contributed by atoms with Crippen LogP contribution in [0.5, 0.6) is 23.0 Å². The van der Waals surface area contributed by atoms with E-state index in [1.807, 2.05) is 0 Å². The normalized spacial score (nSPS) is 10.5. The van der Waals surface area contributed by atoms with Crippen molar-refractivity contribution in [2.45, 2.75) is 13.2 Å². The van der Waals surface area contributed by atoms with Crippen molar-refractivity contribution in [1.82, 2.24) is 0 Å². The van der Waals surface area contributed by atoms with Crippen LogP contribution in [0.15, 0.2) is 36.4 Å². The molecule has 0 heterocycles. The van der Waals surface area contributed by atoms with Gasteiger partial charge in [0.15, 0.2) is 23.0 Å². The predicted octanol–water partition coefficient (Wildman–Crippen LogP) is 2.96. The minimum atomic E-state index is -1.35. The number of hydrogen-bond donors (Lipinski definition) is 0. The van der Waals surface area contributed by atoms with E-state index in [2.05, 4.69) is 0 Å². The fourth-order valence-corrected chi connectivity index (χ4v) is 2.50. The summed E-state index contributed by atoms with van der Waals surface area (Å²) in [7, 11) is 5.81. The van der Waals surface area contributed by atoms with Crippen LogP contribution in [0.3, 0.4) is 0 Å². The van der Waals surface area contributed by atoms with Crippen LogP contribution in [0.2, 0.25) is 0 Å². The average molecular weight is 466 g/mol. The van der Waals surface area contributed by atoms with Gasteiger partial charge in [-0.2, -0.15) is 0 Å². The Bertz CT molecular complexity index is 857. The number of methoxy groups -OCH3 is 4. The Kier molecular flexibility index (Phi) is 10.2. The van der Waals surface area contributed by atoms with Crippen LogP contribution in [0.25, 0.3) is 0 Å². The molecule has 0 amide bonds. The molecule has 2 aromatic carbocycles. The molecular weight excluding hydrogens is 440 g/mol. The molecule has 11 nitrogen and oxygen atoms in total. The highest BCUT2D eigenvalue weighted by atomic mass is 17.3. The molecule has 0 aliphatic carbocycles. The first-order chi connectivity index (χ1) is 16.0. The van der Waals surface area contributed by atoms with Crippen LogP contribution in [0.1, 0.15) is 27.6 Å². The van der Waals surface area contributed by atoms with Crippen LogP contribution < -0.4 is 18.9 Å². The second-order valence-electron chi connectivity index (χ2n) is 6.16. The molecule has 180 valence electrons. The topological polar surface area (TPSA) is 117 Å². The quantitative estimate of drug-likeness (QED) is 0.246. The van der Waals surface area contributed by atoms with Crippen molar-refractivity contribution in [3.63, 3.8) is 0 Å². The van der Waals surface area contributed by atoms with Crippen LogP contribution in [-0.4, -0.2) is 59.9 Å². The molecule has 0 bridgehead atoms. The number of benzene rings is 2. The molecule has 0 aromatic heterocycles. The lowest BCUT2D eigenvalue weighted by Crippen LogP contribution is -2.27. The van der Waals surface area contributed by atoms with Crippen LogP contribution in [-0.2, 0) is 24.3 Å². The molecule has 0 atom stereocenters. The summed E-state index contributed by atoms with van der Waals surface area (Å²) in [6.45, 7) is 1.87. The predicted molar refractivity (Wildman–Crippen MR) is 112 cm³/mol. The third kappa shape index (κ3) is 7.24. The van der Waals surface area contributed by atoms with E-state index in [1.165, 1.54) is 64.8 Å². The lowest BCUT2D eigenvalue weighted by Gasteiger charge is -2.15. The Balaban J connectivity index is 1.99. The first-order valence-corrected chi connectivity index (χ1v) is 9.74. The molecule has 0 N–H and O–H groups in total. The zero-order valence-electron chi connectivity index (χ0n) is 18.9. The van der Waals surface area contributed by atoms with Gasteiger partial charge in [-0.1, -0.05) is 0 Å². The molecular formula is C22H26O11. The third-order valence-corrected chi connectivity index (χ3v) is 4.16. The van der Waals surface area contributed by atoms with Crippen LogP contribution in [0, 0.1) is 0 Å². The Morgan fingerprint density at radius 2 is 1.12 bits per heavy atom. The zero-order valence-corrected chi connectivity index (χ0v) is 18.9. The highest BCUT2D eigenvalue weighted by molar-refractivity contribution is 5.90. The molecule has 33 heavy (non-hydrogen) atoms. The summed E-state index contributed by atoms with van der Waals surface area (Å²) in [5.74, 6) is -0.139. The third-order valence-electron chi connectivity index (χ3n) is 4.16. The zero-order chi connectivity index (χ0) is 24.2. The molecule has 0 saturated heterocycles. The van der Waals surface area contributed by atoms with Crippen molar-refractivity contribution < 1.29 is 52.8 Å². The summed E-state index contributed by atoms with van der Waals surface area (Å²) >= 11 is 0. The van der Waals surface area contributed by atoms with E-state index in [0.717, 1.165) is 0 Å². The monoisotopic (exact) mass is 466 g/mol. The molecule has 0 radical (unpaired) electrons. The van der Waals surface area contributed by atoms with E-state index < -0.39 is 18.2 Å². The van der Waals surface area contributed by atoms with Gasteiger partial charge in [-0.3, -0.25) is 9.78 Å². The molecule has 0 unspecified atom stereocenters. The summed E-state index contributed by atoms with van der Waals surface area (Å²) in [5, 5.41) is 0. The Morgan fingerprint density at radius 3 is 1.48 bits per heavy atom. The van der Waals surface area contributed by atoms with E-state index >= 15 is 0 Å². The van der Waals surface area contributed by atoms with Gasteiger partial charge in [-0.25, -0.2) is 9.59 Å². The maximum absolute atomic E-state index is 12.3. The average Bonchev–Trinajstić information content (AvgIpc) is 2.86. The van der Waals surface area contributed by atoms with Gasteiger partial charge in [0.1, 0.15) is 6.61 Å². The molecule has 2 rings (SSSR count). The van der Waals surface area contributed by atoms with Gasteiger partial charge in [0.2, 0.25) is 0 Å². The Hall–Kier alpha value is -3.54. The largest absolute Gasteiger partial charge is 0.493 e. The fourth-order valence-electron chi connectivity index (χ4n) is 2.50. The maximum Gasteiger partial charge on any atom is 0.373 e. The maximum atomic E-state index is 12.3. The van der Waals surface area contributed by atoms with Crippen molar-refractivity contribution in [2.75, 3.05) is 41.7 Å². The van der Waals surface area contributed by atoms with Crippen LogP contribution >= 0.6 is 0 Å². The summed E-state index contributed by atoms with van der Waals surface area (Å²) in [4.78, 5) is 44.1. The molecule has 0 fully saturated rings. The standard InChI is InChI=1S/C22H26O11/c1-6-29-13-20(30-32-21(23)14-7-9-16(25-2)18(11-14)27-4)31-33-22(24)15-8-10-17(26-3)19(12-15)28-5/h7-12,20H,6,13H2,1-5H3. The summed E-state index contributed by atoms with van der Waals surface area (Å²) in [6.07, 6.45) is -1.35. The van der Waals surface area contributed by atoms with Crippen molar-refractivity contribution in [1.29, 1.82) is 0 Å². The number of ether oxygens (including phenoxy) is 5. The first kappa shape index (κ1) is 25.7. The molecule has 2 aromatic rings. The Morgan fingerprint density at radius 1 is 0.697 bits per heavy atom. The highest BCUT2D eigenvalue weighted by Gasteiger charge is 2.21. The second-order valence-corrected chi connectivity index (χ2v) is 6.16. The summed E-state index contributed by atoms with van der Waals surface area (Å²) < 4.78 is 25.7. The number of carbonyl (C=O) groups excluding carboxylic acids is 2.